The molecule has 0 radical (unpaired) electrons. The van der Waals surface area contributed by atoms with Gasteiger partial charge in [0.15, 0.2) is 17.3 Å². The normalized spacial score (nSPS) is 18.0. The molecule has 3 aromatic heterocycles. The number of likely N-dealkylation sites (tertiary alicyclic amines) is 1. The summed E-state index contributed by atoms with van der Waals surface area (Å²) in [5.74, 6) is 2.34. The van der Waals surface area contributed by atoms with Gasteiger partial charge >= 0.3 is 6.03 Å². The minimum Gasteiger partial charge on any atom is -0.374 e. The Balaban J connectivity index is 1.17. The SMILES string of the molecule is CC(C)[C@H]1CN(CCN2CCCC2)C(=O)N1c1ccn2ncc(-c3ccc(-c4n[nH]c(COCC[Si](C)(C)C)n4)cc3)c2n1. The molecule has 2 aliphatic heterocycles. The topological polar surface area (TPSA) is 108 Å². The van der Waals surface area contributed by atoms with Crippen LogP contribution in [-0.4, -0.2) is 99.1 Å². The Labute approximate surface area is 260 Å². The predicted molar refractivity (Wildman–Crippen MR) is 175 cm³/mol. The highest BCUT2D eigenvalue weighted by molar-refractivity contribution is 6.76. The lowest BCUT2D eigenvalue weighted by molar-refractivity contribution is 0.127. The highest BCUT2D eigenvalue weighted by atomic mass is 28.3. The molecular weight excluding hydrogens is 570 g/mol. The molecule has 6 rings (SSSR count). The third-order valence-electron chi connectivity index (χ3n) is 8.69. The first kappa shape index (κ1) is 30.4. The van der Waals surface area contributed by atoms with Gasteiger partial charge in [0.1, 0.15) is 12.4 Å². The number of benzene rings is 1. The van der Waals surface area contributed by atoms with E-state index in [4.69, 9.17) is 9.72 Å². The van der Waals surface area contributed by atoms with Crippen LogP contribution in [0.1, 0.15) is 32.5 Å². The first-order chi connectivity index (χ1) is 21.2. The first-order valence-electron chi connectivity index (χ1n) is 15.9. The van der Waals surface area contributed by atoms with E-state index in [9.17, 15) is 4.79 Å². The lowest BCUT2D eigenvalue weighted by Crippen LogP contribution is -2.39. The molecule has 0 spiro atoms. The highest BCUT2D eigenvalue weighted by Gasteiger charge is 2.40. The van der Waals surface area contributed by atoms with Crippen LogP contribution < -0.4 is 4.90 Å². The van der Waals surface area contributed by atoms with Crippen molar-refractivity contribution in [2.75, 3.05) is 44.2 Å². The van der Waals surface area contributed by atoms with Gasteiger partial charge < -0.3 is 14.5 Å². The molecule has 2 saturated heterocycles. The van der Waals surface area contributed by atoms with Crippen LogP contribution in [0.25, 0.3) is 28.2 Å². The monoisotopic (exact) mass is 615 g/mol. The zero-order valence-corrected chi connectivity index (χ0v) is 27.7. The van der Waals surface area contributed by atoms with E-state index in [0.29, 0.717) is 24.2 Å². The van der Waals surface area contributed by atoms with Crippen LogP contribution in [0.5, 0.6) is 0 Å². The Morgan fingerprint density at radius 1 is 1.02 bits per heavy atom. The fourth-order valence-corrected chi connectivity index (χ4v) is 6.70. The summed E-state index contributed by atoms with van der Waals surface area (Å²) < 4.78 is 7.59. The van der Waals surface area contributed by atoms with Gasteiger partial charge in [0.2, 0.25) is 0 Å². The number of urea groups is 1. The van der Waals surface area contributed by atoms with E-state index in [2.05, 4.69) is 58.7 Å². The van der Waals surface area contributed by atoms with Gasteiger partial charge in [-0.25, -0.2) is 19.3 Å². The van der Waals surface area contributed by atoms with Crippen molar-refractivity contribution >= 4 is 25.6 Å². The van der Waals surface area contributed by atoms with Gasteiger partial charge in [-0.05, 0) is 49.5 Å². The number of carbonyl (C=O) groups excluding carboxylic acids is 1. The molecule has 2 fully saturated rings. The maximum absolute atomic E-state index is 13.7. The van der Waals surface area contributed by atoms with Crippen LogP contribution in [0.3, 0.4) is 0 Å². The molecule has 234 valence electrons. The molecule has 2 aliphatic rings. The third-order valence-corrected chi connectivity index (χ3v) is 10.4. The van der Waals surface area contributed by atoms with Crippen molar-refractivity contribution in [1.29, 1.82) is 0 Å². The summed E-state index contributed by atoms with van der Waals surface area (Å²) >= 11 is 0. The van der Waals surface area contributed by atoms with Gasteiger partial charge in [-0.1, -0.05) is 57.8 Å². The second-order valence-corrected chi connectivity index (χ2v) is 19.2. The zero-order chi connectivity index (χ0) is 30.8. The van der Waals surface area contributed by atoms with Gasteiger partial charge in [-0.15, -0.1) is 0 Å². The highest BCUT2D eigenvalue weighted by Crippen LogP contribution is 2.31. The van der Waals surface area contributed by atoms with E-state index in [1.54, 1.807) is 4.52 Å². The van der Waals surface area contributed by atoms with Gasteiger partial charge in [-0.3, -0.25) is 10.00 Å². The van der Waals surface area contributed by atoms with Crippen molar-refractivity contribution in [3.8, 4) is 22.5 Å². The van der Waals surface area contributed by atoms with Crippen molar-refractivity contribution in [3.05, 3.63) is 48.5 Å². The molecule has 12 heteroatoms. The number of H-pyrrole nitrogens is 1. The number of nitrogens with zero attached hydrogens (tertiary/aromatic N) is 8. The average Bonchev–Trinajstić information content (AvgIpc) is 3.80. The summed E-state index contributed by atoms with van der Waals surface area (Å²) in [6.45, 7) is 17.2. The molecule has 0 aliphatic carbocycles. The number of ether oxygens (including phenoxy) is 1. The zero-order valence-electron chi connectivity index (χ0n) is 26.7. The van der Waals surface area contributed by atoms with E-state index in [1.165, 1.54) is 12.8 Å². The largest absolute Gasteiger partial charge is 0.374 e. The maximum Gasteiger partial charge on any atom is 0.326 e. The lowest BCUT2D eigenvalue weighted by Gasteiger charge is -2.25. The summed E-state index contributed by atoms with van der Waals surface area (Å²) in [4.78, 5) is 29.7. The molecule has 0 unspecified atom stereocenters. The second kappa shape index (κ2) is 12.8. The fourth-order valence-electron chi connectivity index (χ4n) is 5.94. The van der Waals surface area contributed by atoms with E-state index in [1.807, 2.05) is 52.5 Å². The van der Waals surface area contributed by atoms with Crippen molar-refractivity contribution < 1.29 is 9.53 Å². The Bertz CT molecular complexity index is 1570. The summed E-state index contributed by atoms with van der Waals surface area (Å²) in [6, 6.07) is 11.2. The molecule has 11 nitrogen and oxygen atoms in total. The molecule has 0 saturated carbocycles. The summed E-state index contributed by atoms with van der Waals surface area (Å²) in [6.07, 6.45) is 6.24. The number of hydrogen-bond donors (Lipinski definition) is 1. The number of nitrogens with one attached hydrogen (secondary N) is 1. The molecule has 0 bridgehead atoms. The molecule has 5 heterocycles. The number of aromatic nitrogens is 6. The van der Waals surface area contributed by atoms with Gasteiger partial charge in [0, 0.05) is 51.6 Å². The van der Waals surface area contributed by atoms with Crippen molar-refractivity contribution in [2.45, 2.75) is 65.0 Å². The Kier molecular flexibility index (Phi) is 8.83. The number of anilines is 1. The van der Waals surface area contributed by atoms with Gasteiger partial charge in [-0.2, -0.15) is 10.2 Å². The summed E-state index contributed by atoms with van der Waals surface area (Å²) in [5, 5.41) is 12.0. The Hall–Kier alpha value is -3.61. The number of amides is 2. The molecule has 4 aromatic rings. The van der Waals surface area contributed by atoms with Crippen molar-refractivity contribution in [3.63, 3.8) is 0 Å². The molecule has 44 heavy (non-hydrogen) atoms. The predicted octanol–water partition coefficient (Wildman–Crippen LogP) is 5.40. The Morgan fingerprint density at radius 2 is 1.77 bits per heavy atom. The summed E-state index contributed by atoms with van der Waals surface area (Å²) in [5.41, 5.74) is 3.53. The number of aromatic amines is 1. The smallest absolute Gasteiger partial charge is 0.326 e. The number of fused-ring (bicyclic) bond motifs is 1. The van der Waals surface area contributed by atoms with Crippen molar-refractivity contribution in [1.82, 2.24) is 39.6 Å². The third kappa shape index (κ3) is 6.72. The molecular formula is C32H45N9O2Si. The van der Waals surface area contributed by atoms with E-state index in [-0.39, 0.29) is 12.1 Å². The number of carbonyl (C=O) groups is 1. The quantitative estimate of drug-likeness (QED) is 0.168. The molecule has 2 amide bonds. The number of hydrogen-bond acceptors (Lipinski definition) is 7. The van der Waals surface area contributed by atoms with Crippen LogP contribution in [-0.2, 0) is 11.3 Å². The number of rotatable bonds is 12. The van der Waals surface area contributed by atoms with Crippen LogP contribution in [0, 0.1) is 5.92 Å². The molecule has 1 N–H and O–H groups in total. The van der Waals surface area contributed by atoms with Crippen LogP contribution in [0.4, 0.5) is 10.6 Å². The minimum absolute atomic E-state index is 0.0393. The standard InChI is InChI=1S/C32H45N9O2Si/c1-23(2)27-21-39(17-16-38-13-6-7-14-38)32(42)41(27)29-12-15-40-31(35-29)26(20-33-40)24-8-10-25(11-9-24)30-34-28(36-37-30)22-43-18-19-44(3,4)5/h8-12,15,20,23,27H,6-7,13-14,16-19,21-22H2,1-5H3,(H,34,36,37)/t27-/m1/s1. The molecule has 1 aromatic carbocycles. The van der Waals surface area contributed by atoms with Crippen LogP contribution in [0.2, 0.25) is 25.7 Å². The van der Waals surface area contributed by atoms with E-state index in [0.717, 1.165) is 73.5 Å². The average molecular weight is 616 g/mol. The van der Waals surface area contributed by atoms with E-state index < -0.39 is 8.07 Å². The molecule has 1 atom stereocenters. The van der Waals surface area contributed by atoms with E-state index >= 15 is 0 Å². The maximum atomic E-state index is 13.7. The lowest BCUT2D eigenvalue weighted by atomic mass is 10.0. The van der Waals surface area contributed by atoms with Gasteiger partial charge in [0.25, 0.3) is 0 Å². The van der Waals surface area contributed by atoms with Crippen LogP contribution >= 0.6 is 0 Å². The minimum atomic E-state index is -1.12. The van der Waals surface area contributed by atoms with Crippen LogP contribution in [0.15, 0.2) is 42.7 Å². The second-order valence-electron chi connectivity index (χ2n) is 13.6. The summed E-state index contributed by atoms with van der Waals surface area (Å²) in [7, 11) is -1.12. The fraction of sp³-hybridized carbons (Fsp3) is 0.531. The van der Waals surface area contributed by atoms with Crippen molar-refractivity contribution in [2.24, 2.45) is 5.92 Å². The first-order valence-corrected chi connectivity index (χ1v) is 19.6. The Morgan fingerprint density at radius 3 is 2.50 bits per heavy atom. The van der Waals surface area contributed by atoms with Gasteiger partial charge in [0.05, 0.1) is 12.2 Å².